The van der Waals surface area contributed by atoms with E-state index in [-0.39, 0.29) is 5.92 Å². The molecular weight excluding hydrogens is 228 g/mol. The Labute approximate surface area is 106 Å². The van der Waals surface area contributed by atoms with Gasteiger partial charge in [-0.05, 0) is 30.7 Å². The van der Waals surface area contributed by atoms with Gasteiger partial charge in [-0.25, -0.2) is 0 Å². The van der Waals surface area contributed by atoms with E-state index in [2.05, 4.69) is 4.98 Å². The fraction of sp³-hybridized carbons (Fsp3) is 0.357. The molecule has 0 bridgehead atoms. The molecule has 18 heavy (non-hydrogen) atoms. The summed E-state index contributed by atoms with van der Waals surface area (Å²) in [5, 5.41) is 10.2. The SMILES string of the molecule is NCC(c1ccccn1)C(O)CCc1ccco1. The minimum Gasteiger partial charge on any atom is -0.469 e. The lowest BCUT2D eigenvalue weighted by Gasteiger charge is -2.20. The molecular formula is C14H18N2O2. The van der Waals surface area contributed by atoms with Crippen molar-refractivity contribution in [1.29, 1.82) is 0 Å². The van der Waals surface area contributed by atoms with Crippen LogP contribution >= 0.6 is 0 Å². The second-order valence-electron chi connectivity index (χ2n) is 4.28. The monoisotopic (exact) mass is 246 g/mol. The van der Waals surface area contributed by atoms with Crippen LogP contribution in [0.25, 0.3) is 0 Å². The summed E-state index contributed by atoms with van der Waals surface area (Å²) in [7, 11) is 0. The molecule has 0 amide bonds. The first-order valence-electron chi connectivity index (χ1n) is 6.12. The van der Waals surface area contributed by atoms with E-state index in [4.69, 9.17) is 10.2 Å². The molecule has 2 heterocycles. The quantitative estimate of drug-likeness (QED) is 0.814. The molecule has 0 spiro atoms. The number of aromatic nitrogens is 1. The minimum absolute atomic E-state index is 0.124. The van der Waals surface area contributed by atoms with Gasteiger partial charge in [0, 0.05) is 30.8 Å². The van der Waals surface area contributed by atoms with Gasteiger partial charge in [0.1, 0.15) is 5.76 Å². The fourth-order valence-corrected chi connectivity index (χ4v) is 2.02. The van der Waals surface area contributed by atoms with E-state index in [0.29, 0.717) is 19.4 Å². The molecule has 4 nitrogen and oxygen atoms in total. The van der Waals surface area contributed by atoms with Crippen LogP contribution < -0.4 is 5.73 Å². The van der Waals surface area contributed by atoms with E-state index < -0.39 is 6.10 Å². The van der Waals surface area contributed by atoms with E-state index in [1.54, 1.807) is 12.5 Å². The van der Waals surface area contributed by atoms with E-state index in [0.717, 1.165) is 11.5 Å². The topological polar surface area (TPSA) is 72.3 Å². The normalized spacial score (nSPS) is 14.3. The van der Waals surface area contributed by atoms with Gasteiger partial charge in [0.2, 0.25) is 0 Å². The molecule has 0 fully saturated rings. The Morgan fingerprint density at radius 2 is 2.17 bits per heavy atom. The number of aliphatic hydroxyl groups excluding tert-OH is 1. The second-order valence-corrected chi connectivity index (χ2v) is 4.28. The maximum atomic E-state index is 10.2. The first-order valence-corrected chi connectivity index (χ1v) is 6.12. The molecule has 0 aliphatic heterocycles. The molecule has 96 valence electrons. The third-order valence-electron chi connectivity index (χ3n) is 3.05. The maximum Gasteiger partial charge on any atom is 0.103 e. The molecule has 0 aromatic carbocycles. The molecule has 0 saturated carbocycles. The van der Waals surface area contributed by atoms with E-state index in [1.807, 2.05) is 30.3 Å². The number of nitrogens with two attached hydrogens (primary N) is 1. The van der Waals surface area contributed by atoms with Crippen LogP contribution in [0.15, 0.2) is 47.2 Å². The van der Waals surface area contributed by atoms with Crippen LogP contribution in [-0.2, 0) is 6.42 Å². The molecule has 3 N–H and O–H groups in total. The lowest BCUT2D eigenvalue weighted by molar-refractivity contribution is 0.132. The number of furan rings is 1. The lowest BCUT2D eigenvalue weighted by Crippen LogP contribution is -2.27. The second kappa shape index (κ2) is 6.33. The highest BCUT2D eigenvalue weighted by Crippen LogP contribution is 2.20. The first kappa shape index (κ1) is 12.8. The van der Waals surface area contributed by atoms with E-state index >= 15 is 0 Å². The highest BCUT2D eigenvalue weighted by molar-refractivity contribution is 5.12. The van der Waals surface area contributed by atoms with Gasteiger partial charge in [-0.1, -0.05) is 6.07 Å². The third kappa shape index (κ3) is 3.18. The number of pyridine rings is 1. The first-order chi connectivity index (χ1) is 8.81. The summed E-state index contributed by atoms with van der Waals surface area (Å²) in [4.78, 5) is 4.25. The molecule has 2 unspecified atom stereocenters. The number of aryl methyl sites for hydroxylation is 1. The fourth-order valence-electron chi connectivity index (χ4n) is 2.02. The Morgan fingerprint density at radius 1 is 1.28 bits per heavy atom. The molecule has 0 radical (unpaired) electrons. The van der Waals surface area contributed by atoms with Crippen LogP contribution in [-0.4, -0.2) is 22.7 Å². The van der Waals surface area contributed by atoms with Gasteiger partial charge in [0.15, 0.2) is 0 Å². The van der Waals surface area contributed by atoms with Crippen molar-refractivity contribution < 1.29 is 9.52 Å². The number of hydrogen-bond acceptors (Lipinski definition) is 4. The standard InChI is InChI=1S/C14H18N2O2/c15-10-12(13-5-1-2-8-16-13)14(17)7-6-11-4-3-9-18-11/h1-5,8-9,12,14,17H,6-7,10,15H2. The van der Waals surface area contributed by atoms with Gasteiger partial charge >= 0.3 is 0 Å². The molecule has 2 rings (SSSR count). The van der Waals surface area contributed by atoms with Gasteiger partial charge in [0.05, 0.1) is 12.4 Å². The largest absolute Gasteiger partial charge is 0.469 e. The predicted molar refractivity (Wildman–Crippen MR) is 69.1 cm³/mol. The average molecular weight is 246 g/mol. The number of rotatable bonds is 6. The molecule has 0 aliphatic carbocycles. The predicted octanol–water partition coefficient (Wildman–Crippen LogP) is 1.71. The Morgan fingerprint density at radius 3 is 2.78 bits per heavy atom. The molecule has 2 atom stereocenters. The van der Waals surface area contributed by atoms with Crippen molar-refractivity contribution in [1.82, 2.24) is 4.98 Å². The molecule has 2 aromatic heterocycles. The lowest BCUT2D eigenvalue weighted by atomic mass is 9.94. The highest BCUT2D eigenvalue weighted by atomic mass is 16.3. The maximum absolute atomic E-state index is 10.2. The van der Waals surface area contributed by atoms with Crippen LogP contribution in [0, 0.1) is 0 Å². The van der Waals surface area contributed by atoms with Crippen molar-refractivity contribution in [3.05, 3.63) is 54.2 Å². The Hall–Kier alpha value is -1.65. The van der Waals surface area contributed by atoms with Crippen LogP contribution in [0.2, 0.25) is 0 Å². The van der Waals surface area contributed by atoms with E-state index in [1.165, 1.54) is 0 Å². The molecule has 0 saturated heterocycles. The summed E-state index contributed by atoms with van der Waals surface area (Å²) >= 11 is 0. The zero-order valence-corrected chi connectivity index (χ0v) is 10.2. The molecule has 4 heteroatoms. The van der Waals surface area contributed by atoms with Crippen molar-refractivity contribution in [3.63, 3.8) is 0 Å². The van der Waals surface area contributed by atoms with Crippen molar-refractivity contribution >= 4 is 0 Å². The summed E-state index contributed by atoms with van der Waals surface area (Å²) in [5.74, 6) is 0.756. The zero-order valence-electron chi connectivity index (χ0n) is 10.2. The molecule has 0 aliphatic rings. The van der Waals surface area contributed by atoms with Gasteiger partial charge in [-0.15, -0.1) is 0 Å². The summed E-state index contributed by atoms with van der Waals surface area (Å²) in [6.07, 6.45) is 4.18. The number of nitrogens with zero attached hydrogens (tertiary/aromatic N) is 1. The van der Waals surface area contributed by atoms with Gasteiger partial charge in [0.25, 0.3) is 0 Å². The number of aliphatic hydroxyl groups is 1. The Bertz CT molecular complexity index is 442. The Balaban J connectivity index is 1.95. The minimum atomic E-state index is -0.505. The average Bonchev–Trinajstić information content (AvgIpc) is 2.92. The van der Waals surface area contributed by atoms with Gasteiger partial charge < -0.3 is 15.3 Å². The summed E-state index contributed by atoms with van der Waals surface area (Å²) < 4.78 is 5.25. The third-order valence-corrected chi connectivity index (χ3v) is 3.05. The van der Waals surface area contributed by atoms with Crippen molar-refractivity contribution in [2.75, 3.05) is 6.54 Å². The smallest absolute Gasteiger partial charge is 0.103 e. The van der Waals surface area contributed by atoms with Crippen molar-refractivity contribution in [3.8, 4) is 0 Å². The van der Waals surface area contributed by atoms with Crippen molar-refractivity contribution in [2.24, 2.45) is 5.73 Å². The summed E-state index contributed by atoms with van der Waals surface area (Å²) in [5.41, 5.74) is 6.57. The highest BCUT2D eigenvalue weighted by Gasteiger charge is 2.20. The van der Waals surface area contributed by atoms with E-state index in [9.17, 15) is 5.11 Å². The zero-order chi connectivity index (χ0) is 12.8. The Kier molecular flexibility index (Phi) is 4.50. The summed E-state index contributed by atoms with van der Waals surface area (Å²) in [6, 6.07) is 9.41. The van der Waals surface area contributed by atoms with Crippen LogP contribution in [0.4, 0.5) is 0 Å². The van der Waals surface area contributed by atoms with Crippen molar-refractivity contribution in [2.45, 2.75) is 24.9 Å². The van der Waals surface area contributed by atoms with Crippen LogP contribution in [0.3, 0.4) is 0 Å². The van der Waals surface area contributed by atoms with Gasteiger partial charge in [-0.2, -0.15) is 0 Å². The van der Waals surface area contributed by atoms with Crippen LogP contribution in [0.5, 0.6) is 0 Å². The number of hydrogen-bond donors (Lipinski definition) is 2. The van der Waals surface area contributed by atoms with Gasteiger partial charge in [-0.3, -0.25) is 4.98 Å². The van der Waals surface area contributed by atoms with Crippen LogP contribution in [0.1, 0.15) is 23.8 Å². The summed E-state index contributed by atoms with van der Waals surface area (Å²) in [6.45, 7) is 0.385. The molecule has 2 aromatic rings.